The highest BCUT2D eigenvalue weighted by molar-refractivity contribution is 6.32. The summed E-state index contributed by atoms with van der Waals surface area (Å²) in [5.41, 5.74) is 4.95. The number of halogens is 1. The van der Waals surface area contributed by atoms with E-state index >= 15 is 0 Å². The monoisotopic (exact) mass is 506 g/mol. The zero-order valence-corrected chi connectivity index (χ0v) is 21.0. The van der Waals surface area contributed by atoms with Crippen LogP contribution in [0.5, 0.6) is 23.0 Å². The molecule has 0 aromatic heterocycles. The first kappa shape index (κ1) is 23.9. The summed E-state index contributed by atoms with van der Waals surface area (Å²) in [6, 6.07) is 16.5. The molecular formula is C28H27ClN2O5. The molecule has 5 rings (SSSR count). The fourth-order valence-corrected chi connectivity index (χ4v) is 5.22. The van der Waals surface area contributed by atoms with Crippen LogP contribution < -0.4 is 24.8 Å². The molecule has 0 bridgehead atoms. The second-order valence-corrected chi connectivity index (χ2v) is 9.24. The first-order valence-corrected chi connectivity index (χ1v) is 12.0. The summed E-state index contributed by atoms with van der Waals surface area (Å²) in [7, 11) is 4.67. The number of aromatic hydroxyl groups is 1. The molecule has 0 unspecified atom stereocenters. The van der Waals surface area contributed by atoms with Crippen LogP contribution in [0, 0.1) is 0 Å². The van der Waals surface area contributed by atoms with Gasteiger partial charge in [-0.15, -0.1) is 0 Å². The number of hydrogen-bond donors (Lipinski definition) is 3. The van der Waals surface area contributed by atoms with Crippen molar-refractivity contribution < 1.29 is 24.1 Å². The molecule has 1 heterocycles. The molecule has 1 aliphatic heterocycles. The highest BCUT2D eigenvalue weighted by Gasteiger charge is 2.36. The Hall–Kier alpha value is -3.84. The number of phenolic OH excluding ortho intramolecular Hbond substituents is 1. The maximum atomic E-state index is 13.8. The van der Waals surface area contributed by atoms with Gasteiger partial charge >= 0.3 is 0 Å². The Balaban J connectivity index is 1.61. The van der Waals surface area contributed by atoms with Gasteiger partial charge in [0.15, 0.2) is 28.8 Å². The zero-order chi connectivity index (χ0) is 25.4. The molecule has 0 saturated carbocycles. The van der Waals surface area contributed by atoms with Crippen LogP contribution in [-0.2, 0) is 4.79 Å². The van der Waals surface area contributed by atoms with Crippen molar-refractivity contribution in [2.75, 3.05) is 32.0 Å². The lowest BCUT2D eigenvalue weighted by Gasteiger charge is -2.30. The first-order valence-electron chi connectivity index (χ1n) is 11.6. The van der Waals surface area contributed by atoms with Crippen LogP contribution in [0.2, 0.25) is 5.02 Å². The van der Waals surface area contributed by atoms with Gasteiger partial charge in [-0.2, -0.15) is 0 Å². The van der Waals surface area contributed by atoms with Gasteiger partial charge in [0.05, 0.1) is 43.8 Å². The van der Waals surface area contributed by atoms with Crippen LogP contribution in [0.25, 0.3) is 0 Å². The second kappa shape index (κ2) is 9.66. The van der Waals surface area contributed by atoms with Gasteiger partial charge < -0.3 is 30.0 Å². The number of anilines is 2. The number of fused-ring (bicyclic) bond motifs is 1. The number of carbonyl (C=O) groups excluding carboxylic acids is 1. The second-order valence-electron chi connectivity index (χ2n) is 8.84. The van der Waals surface area contributed by atoms with E-state index in [1.807, 2.05) is 42.5 Å². The Morgan fingerprint density at radius 2 is 1.56 bits per heavy atom. The predicted octanol–water partition coefficient (Wildman–Crippen LogP) is 6.05. The minimum Gasteiger partial charge on any atom is -0.503 e. The third-order valence-corrected chi connectivity index (χ3v) is 7.08. The van der Waals surface area contributed by atoms with Crippen LogP contribution >= 0.6 is 11.6 Å². The average Bonchev–Trinajstić information content (AvgIpc) is 3.06. The number of carbonyl (C=O) groups is 1. The van der Waals surface area contributed by atoms with Crippen molar-refractivity contribution in [3.05, 3.63) is 82.0 Å². The maximum absolute atomic E-state index is 13.8. The van der Waals surface area contributed by atoms with E-state index in [-0.39, 0.29) is 28.2 Å². The lowest BCUT2D eigenvalue weighted by Crippen LogP contribution is -2.27. The molecule has 1 aliphatic carbocycles. The summed E-state index contributed by atoms with van der Waals surface area (Å²) < 4.78 is 16.2. The summed E-state index contributed by atoms with van der Waals surface area (Å²) in [6.07, 6.45) is 0.972. The topological polar surface area (TPSA) is 89.1 Å². The summed E-state index contributed by atoms with van der Waals surface area (Å²) >= 11 is 6.33. The van der Waals surface area contributed by atoms with Crippen molar-refractivity contribution in [1.29, 1.82) is 0 Å². The Kier molecular flexibility index (Phi) is 6.41. The fraction of sp³-hybridized carbons (Fsp3) is 0.250. The summed E-state index contributed by atoms with van der Waals surface area (Å²) in [4.78, 5) is 13.8. The molecule has 3 aromatic carbocycles. The van der Waals surface area contributed by atoms with Gasteiger partial charge in [0.1, 0.15) is 0 Å². The molecule has 8 heteroatoms. The van der Waals surface area contributed by atoms with Crippen LogP contribution in [0.3, 0.4) is 0 Å². The summed E-state index contributed by atoms with van der Waals surface area (Å²) in [6.45, 7) is 0. The summed E-state index contributed by atoms with van der Waals surface area (Å²) in [5, 5.41) is 17.5. The molecule has 2 atom stereocenters. The highest BCUT2D eigenvalue weighted by Crippen LogP contribution is 2.47. The third-order valence-electron chi connectivity index (χ3n) is 6.79. The zero-order valence-electron chi connectivity index (χ0n) is 20.2. The number of benzene rings is 3. The molecule has 2 aliphatic rings. The van der Waals surface area contributed by atoms with Gasteiger partial charge in [0.25, 0.3) is 0 Å². The molecular weight excluding hydrogens is 480 g/mol. The lowest BCUT2D eigenvalue weighted by molar-refractivity contribution is -0.116. The van der Waals surface area contributed by atoms with E-state index in [2.05, 4.69) is 10.6 Å². The largest absolute Gasteiger partial charge is 0.503 e. The van der Waals surface area contributed by atoms with Crippen molar-refractivity contribution in [1.82, 2.24) is 0 Å². The SMILES string of the molecule is COc1ccc([C@H]2CC(=O)C3=C(C2)Nc2ccccc2N[C@@H]3c2cc(Cl)c(O)c(OC)c2)cc1OC. The number of methoxy groups -OCH3 is 3. The van der Waals surface area contributed by atoms with Gasteiger partial charge in [-0.1, -0.05) is 29.8 Å². The van der Waals surface area contributed by atoms with Crippen LogP contribution in [-0.4, -0.2) is 32.2 Å². The van der Waals surface area contributed by atoms with E-state index in [9.17, 15) is 9.90 Å². The predicted molar refractivity (Wildman–Crippen MR) is 140 cm³/mol. The number of ether oxygens (including phenoxy) is 3. The Morgan fingerprint density at radius 3 is 2.28 bits per heavy atom. The number of nitrogens with one attached hydrogen (secondary N) is 2. The first-order chi connectivity index (χ1) is 17.4. The van der Waals surface area contributed by atoms with Crippen molar-refractivity contribution in [2.24, 2.45) is 0 Å². The van der Waals surface area contributed by atoms with Crippen molar-refractivity contribution >= 4 is 28.8 Å². The normalized spacial score (nSPS) is 18.8. The molecule has 3 N–H and O–H groups in total. The number of ketones is 1. The van der Waals surface area contributed by atoms with Gasteiger partial charge in [-0.3, -0.25) is 4.79 Å². The van der Waals surface area contributed by atoms with Crippen LogP contribution in [0.1, 0.15) is 35.9 Å². The van der Waals surface area contributed by atoms with Crippen molar-refractivity contribution in [2.45, 2.75) is 24.8 Å². The van der Waals surface area contributed by atoms with E-state index in [1.54, 1.807) is 26.4 Å². The van der Waals surface area contributed by atoms with Gasteiger partial charge in [0, 0.05) is 17.7 Å². The quantitative estimate of drug-likeness (QED) is 0.388. The Bertz CT molecular complexity index is 1370. The Morgan fingerprint density at radius 1 is 0.861 bits per heavy atom. The maximum Gasteiger partial charge on any atom is 0.176 e. The number of phenols is 1. The van der Waals surface area contributed by atoms with E-state index < -0.39 is 6.04 Å². The van der Waals surface area contributed by atoms with Crippen LogP contribution in [0.15, 0.2) is 65.9 Å². The molecule has 0 amide bonds. The minimum atomic E-state index is -0.484. The van der Waals surface area contributed by atoms with E-state index in [4.69, 9.17) is 25.8 Å². The smallest absolute Gasteiger partial charge is 0.176 e. The molecule has 36 heavy (non-hydrogen) atoms. The van der Waals surface area contributed by atoms with Gasteiger partial charge in [-0.25, -0.2) is 0 Å². The van der Waals surface area contributed by atoms with E-state index in [0.717, 1.165) is 28.2 Å². The average molecular weight is 507 g/mol. The molecule has 186 valence electrons. The van der Waals surface area contributed by atoms with Crippen molar-refractivity contribution in [3.8, 4) is 23.0 Å². The standard InChI is InChI=1S/C28H27ClN2O5/c1-34-23-9-8-15(13-24(23)35-2)16-11-21-26(22(32)12-16)27(31-20-7-5-4-6-19(20)30-21)17-10-18(29)28(33)25(14-17)36-3/h4-10,13-14,16,27,30-31,33H,11-12H2,1-3H3/t16-,27-/m1/s1. The fourth-order valence-electron chi connectivity index (χ4n) is 5.00. The van der Waals surface area contributed by atoms with Crippen LogP contribution in [0.4, 0.5) is 11.4 Å². The number of allylic oxidation sites excluding steroid dienone is 1. The minimum absolute atomic E-state index is 0.0250. The molecule has 0 radical (unpaired) electrons. The molecule has 0 saturated heterocycles. The Labute approximate surface area is 214 Å². The van der Waals surface area contributed by atoms with E-state index in [1.165, 1.54) is 7.11 Å². The molecule has 0 spiro atoms. The number of Topliss-reactive ketones (excluding diaryl/α,β-unsaturated/α-hetero) is 1. The number of hydrogen-bond acceptors (Lipinski definition) is 7. The highest BCUT2D eigenvalue weighted by atomic mass is 35.5. The molecule has 0 fully saturated rings. The number of rotatable bonds is 5. The van der Waals surface area contributed by atoms with Crippen molar-refractivity contribution in [3.63, 3.8) is 0 Å². The number of para-hydroxylation sites is 2. The lowest BCUT2D eigenvalue weighted by atomic mass is 9.78. The van der Waals surface area contributed by atoms with Gasteiger partial charge in [-0.05, 0) is 59.9 Å². The molecule has 7 nitrogen and oxygen atoms in total. The van der Waals surface area contributed by atoms with Gasteiger partial charge in [0.2, 0.25) is 0 Å². The third kappa shape index (κ3) is 4.20. The van der Waals surface area contributed by atoms with E-state index in [0.29, 0.717) is 29.9 Å². The summed E-state index contributed by atoms with van der Waals surface area (Å²) in [5.74, 6) is 1.38. The molecule has 3 aromatic rings.